The van der Waals surface area contributed by atoms with E-state index in [1.165, 1.54) is 18.2 Å². The zero-order chi connectivity index (χ0) is 18.8. The fourth-order valence-electron chi connectivity index (χ4n) is 3.53. The molecular formula is C22H18FNO3. The molecule has 1 amide bonds. The van der Waals surface area contributed by atoms with Crippen LogP contribution in [0.5, 0.6) is 5.75 Å². The largest absolute Gasteiger partial charge is 0.507 e. The molecule has 0 bridgehead atoms. The SMILES string of the molecule is O=C(NCc1c(O)cccc1F)OCC1c2ccccc2-c2ccccc21. The van der Waals surface area contributed by atoms with Gasteiger partial charge < -0.3 is 15.2 Å². The summed E-state index contributed by atoms with van der Waals surface area (Å²) in [6.45, 7) is 0.0400. The second-order valence-electron chi connectivity index (χ2n) is 6.42. The van der Waals surface area contributed by atoms with Gasteiger partial charge in [-0.3, -0.25) is 0 Å². The molecule has 2 N–H and O–H groups in total. The van der Waals surface area contributed by atoms with Crippen LogP contribution in [-0.4, -0.2) is 17.8 Å². The van der Waals surface area contributed by atoms with Crippen LogP contribution in [0.1, 0.15) is 22.6 Å². The Kier molecular flexibility index (Phi) is 4.50. The highest BCUT2D eigenvalue weighted by Crippen LogP contribution is 2.44. The van der Waals surface area contributed by atoms with Crippen LogP contribution >= 0.6 is 0 Å². The number of ether oxygens (including phenoxy) is 1. The Morgan fingerprint density at radius 3 is 2.22 bits per heavy atom. The number of phenolic OH excluding ortho intramolecular Hbond substituents is 1. The summed E-state index contributed by atoms with van der Waals surface area (Å²) in [6.07, 6.45) is -0.653. The van der Waals surface area contributed by atoms with E-state index < -0.39 is 11.9 Å². The minimum atomic E-state index is -0.653. The highest BCUT2D eigenvalue weighted by atomic mass is 19.1. The summed E-state index contributed by atoms with van der Waals surface area (Å²) in [5.41, 5.74) is 4.58. The van der Waals surface area contributed by atoms with Gasteiger partial charge in [-0.15, -0.1) is 0 Å². The first-order valence-electron chi connectivity index (χ1n) is 8.70. The molecule has 27 heavy (non-hydrogen) atoms. The average molecular weight is 363 g/mol. The van der Waals surface area contributed by atoms with Gasteiger partial charge >= 0.3 is 6.09 Å². The van der Waals surface area contributed by atoms with Crippen molar-refractivity contribution in [3.05, 3.63) is 89.2 Å². The predicted octanol–water partition coefficient (Wildman–Crippen LogP) is 4.57. The van der Waals surface area contributed by atoms with Crippen LogP contribution in [-0.2, 0) is 11.3 Å². The Morgan fingerprint density at radius 2 is 1.59 bits per heavy atom. The molecule has 0 unspecified atom stereocenters. The first-order chi connectivity index (χ1) is 13.1. The molecule has 0 saturated carbocycles. The molecule has 0 heterocycles. The summed E-state index contributed by atoms with van der Waals surface area (Å²) in [5.74, 6) is -0.812. The maximum atomic E-state index is 13.7. The number of alkyl carbamates (subject to hydrolysis) is 1. The van der Waals surface area contributed by atoms with E-state index in [0.717, 1.165) is 22.3 Å². The monoisotopic (exact) mass is 363 g/mol. The molecule has 3 aromatic rings. The molecular weight excluding hydrogens is 345 g/mol. The van der Waals surface area contributed by atoms with Crippen LogP contribution < -0.4 is 5.32 Å². The standard InChI is InChI=1S/C22H18FNO3/c23-20-10-5-11-21(25)18(20)12-24-22(26)27-13-19-16-8-3-1-6-14(16)15-7-2-4-9-17(15)19/h1-11,19,25H,12-13H2,(H,24,26). The van der Waals surface area contributed by atoms with Crippen LogP contribution in [0.25, 0.3) is 11.1 Å². The van der Waals surface area contributed by atoms with Gasteiger partial charge in [0.1, 0.15) is 18.2 Å². The van der Waals surface area contributed by atoms with E-state index in [0.29, 0.717) is 0 Å². The molecule has 0 saturated heterocycles. The average Bonchev–Trinajstić information content (AvgIpc) is 3.00. The number of nitrogens with one attached hydrogen (secondary N) is 1. The fourth-order valence-corrected chi connectivity index (χ4v) is 3.53. The van der Waals surface area contributed by atoms with Crippen molar-refractivity contribution in [2.75, 3.05) is 6.61 Å². The molecule has 4 nitrogen and oxygen atoms in total. The zero-order valence-electron chi connectivity index (χ0n) is 14.5. The van der Waals surface area contributed by atoms with E-state index in [2.05, 4.69) is 17.4 Å². The summed E-state index contributed by atoms with van der Waals surface area (Å²) in [5, 5.41) is 12.2. The number of hydrogen-bond donors (Lipinski definition) is 2. The number of fused-ring (bicyclic) bond motifs is 3. The van der Waals surface area contributed by atoms with Crippen molar-refractivity contribution in [3.63, 3.8) is 0 Å². The molecule has 0 radical (unpaired) electrons. The Bertz CT molecular complexity index is 937. The lowest BCUT2D eigenvalue weighted by Crippen LogP contribution is -2.26. The minimum absolute atomic E-state index is 0.0333. The second-order valence-corrected chi connectivity index (χ2v) is 6.42. The molecule has 0 aliphatic heterocycles. The van der Waals surface area contributed by atoms with Crippen molar-refractivity contribution >= 4 is 6.09 Å². The van der Waals surface area contributed by atoms with Gasteiger partial charge in [-0.2, -0.15) is 0 Å². The van der Waals surface area contributed by atoms with Gasteiger partial charge in [0.15, 0.2) is 0 Å². The lowest BCUT2D eigenvalue weighted by atomic mass is 9.98. The van der Waals surface area contributed by atoms with Crippen LogP contribution in [0.15, 0.2) is 66.7 Å². The summed E-state index contributed by atoms with van der Waals surface area (Å²) >= 11 is 0. The van der Waals surface area contributed by atoms with Crippen molar-refractivity contribution in [2.24, 2.45) is 0 Å². The van der Waals surface area contributed by atoms with Gasteiger partial charge in [0.05, 0.1) is 6.54 Å². The van der Waals surface area contributed by atoms with Crippen molar-refractivity contribution < 1.29 is 19.0 Å². The maximum absolute atomic E-state index is 13.7. The molecule has 0 spiro atoms. The third kappa shape index (κ3) is 3.24. The lowest BCUT2D eigenvalue weighted by Gasteiger charge is -2.15. The Balaban J connectivity index is 1.44. The van der Waals surface area contributed by atoms with Gasteiger partial charge in [0.2, 0.25) is 0 Å². The summed E-state index contributed by atoms with van der Waals surface area (Å²) in [7, 11) is 0. The van der Waals surface area contributed by atoms with E-state index in [4.69, 9.17) is 4.74 Å². The number of aromatic hydroxyl groups is 1. The summed E-state index contributed by atoms with van der Waals surface area (Å²) in [6, 6.07) is 20.1. The number of benzene rings is 3. The molecule has 0 fully saturated rings. The number of halogens is 1. The smallest absolute Gasteiger partial charge is 0.407 e. The zero-order valence-corrected chi connectivity index (χ0v) is 14.5. The summed E-state index contributed by atoms with van der Waals surface area (Å²) < 4.78 is 19.1. The van der Waals surface area contributed by atoms with Crippen LogP contribution in [0.4, 0.5) is 9.18 Å². The Morgan fingerprint density at radius 1 is 0.963 bits per heavy atom. The van der Waals surface area contributed by atoms with Crippen LogP contribution in [0.3, 0.4) is 0 Å². The highest BCUT2D eigenvalue weighted by molar-refractivity contribution is 5.79. The van der Waals surface area contributed by atoms with E-state index in [9.17, 15) is 14.3 Å². The quantitative estimate of drug-likeness (QED) is 0.714. The van der Waals surface area contributed by atoms with Gasteiger partial charge in [-0.25, -0.2) is 9.18 Å². The number of rotatable bonds is 4. The molecule has 0 atom stereocenters. The normalized spacial score (nSPS) is 12.3. The van der Waals surface area contributed by atoms with E-state index in [1.807, 2.05) is 36.4 Å². The van der Waals surface area contributed by atoms with Crippen LogP contribution in [0.2, 0.25) is 0 Å². The number of amides is 1. The van der Waals surface area contributed by atoms with Crippen LogP contribution in [0, 0.1) is 5.82 Å². The fraction of sp³-hybridized carbons (Fsp3) is 0.136. The number of phenols is 1. The summed E-state index contributed by atoms with van der Waals surface area (Å²) in [4.78, 5) is 12.1. The molecule has 4 rings (SSSR count). The molecule has 136 valence electrons. The topological polar surface area (TPSA) is 58.6 Å². The maximum Gasteiger partial charge on any atom is 0.407 e. The Labute approximate surface area is 156 Å². The third-order valence-electron chi connectivity index (χ3n) is 4.85. The first kappa shape index (κ1) is 17.1. The molecule has 5 heteroatoms. The van der Waals surface area contributed by atoms with Gasteiger partial charge in [-0.05, 0) is 34.4 Å². The molecule has 1 aliphatic rings. The van der Waals surface area contributed by atoms with Crippen molar-refractivity contribution in [1.29, 1.82) is 0 Å². The van der Waals surface area contributed by atoms with Gasteiger partial charge in [0.25, 0.3) is 0 Å². The first-order valence-corrected chi connectivity index (χ1v) is 8.70. The lowest BCUT2D eigenvalue weighted by molar-refractivity contribution is 0.142. The number of carbonyl (C=O) groups excluding carboxylic acids is 1. The molecule has 3 aromatic carbocycles. The Hall–Kier alpha value is -3.34. The third-order valence-corrected chi connectivity index (χ3v) is 4.85. The van der Waals surface area contributed by atoms with Crippen molar-refractivity contribution in [3.8, 4) is 16.9 Å². The predicted molar refractivity (Wildman–Crippen MR) is 100.0 cm³/mol. The van der Waals surface area contributed by atoms with E-state index >= 15 is 0 Å². The van der Waals surface area contributed by atoms with Crippen molar-refractivity contribution in [1.82, 2.24) is 5.32 Å². The number of carbonyl (C=O) groups is 1. The van der Waals surface area contributed by atoms with E-state index in [1.54, 1.807) is 0 Å². The second kappa shape index (κ2) is 7.11. The highest BCUT2D eigenvalue weighted by Gasteiger charge is 2.29. The molecule has 0 aromatic heterocycles. The van der Waals surface area contributed by atoms with E-state index in [-0.39, 0.29) is 30.4 Å². The molecule has 1 aliphatic carbocycles. The van der Waals surface area contributed by atoms with Gasteiger partial charge in [0, 0.05) is 11.5 Å². The van der Waals surface area contributed by atoms with Gasteiger partial charge in [-0.1, -0.05) is 54.6 Å². The number of hydrogen-bond acceptors (Lipinski definition) is 3. The minimum Gasteiger partial charge on any atom is -0.507 e. The van der Waals surface area contributed by atoms with Crippen molar-refractivity contribution in [2.45, 2.75) is 12.5 Å².